The summed E-state index contributed by atoms with van der Waals surface area (Å²) in [6, 6.07) is 5.86. The lowest BCUT2D eigenvalue weighted by atomic mass is 9.83. The maximum Gasteiger partial charge on any atom is 0.229 e. The quantitative estimate of drug-likeness (QED) is 0.627. The van der Waals surface area contributed by atoms with Crippen LogP contribution in [0, 0.1) is 23.1 Å². The third kappa shape index (κ3) is 4.74. The molecule has 1 aliphatic carbocycles. The van der Waals surface area contributed by atoms with Crippen molar-refractivity contribution in [2.45, 2.75) is 56.9 Å². The minimum Gasteiger partial charge on any atom is -0.491 e. The van der Waals surface area contributed by atoms with E-state index in [1.807, 2.05) is 0 Å². The molecular weight excluding hydrogens is 419 g/mol. The van der Waals surface area contributed by atoms with Crippen molar-refractivity contribution < 1.29 is 9.13 Å². The van der Waals surface area contributed by atoms with Crippen molar-refractivity contribution in [3.8, 4) is 11.8 Å². The summed E-state index contributed by atoms with van der Waals surface area (Å²) >= 11 is 0. The van der Waals surface area contributed by atoms with Crippen molar-refractivity contribution in [2.24, 2.45) is 5.92 Å². The number of anilines is 3. The minimum absolute atomic E-state index is 0.206. The number of methoxy groups -OCH3 is 1. The van der Waals surface area contributed by atoms with Gasteiger partial charge in [0.2, 0.25) is 5.95 Å². The van der Waals surface area contributed by atoms with Crippen LogP contribution in [0.2, 0.25) is 0 Å². The second-order valence-electron chi connectivity index (χ2n) is 9.42. The first kappa shape index (κ1) is 21.9. The lowest BCUT2D eigenvalue weighted by Crippen LogP contribution is -2.49. The number of piperidine rings is 2. The second-order valence-corrected chi connectivity index (χ2v) is 9.42. The van der Waals surface area contributed by atoms with Crippen LogP contribution in [0.5, 0.6) is 5.75 Å². The van der Waals surface area contributed by atoms with Gasteiger partial charge in [0.15, 0.2) is 11.6 Å². The van der Waals surface area contributed by atoms with Crippen molar-refractivity contribution in [3.05, 3.63) is 35.3 Å². The van der Waals surface area contributed by atoms with Gasteiger partial charge in [0.05, 0.1) is 30.6 Å². The lowest BCUT2D eigenvalue weighted by molar-refractivity contribution is 0.0649. The van der Waals surface area contributed by atoms with Crippen LogP contribution in [0.15, 0.2) is 18.3 Å². The predicted octanol–water partition coefficient (Wildman–Crippen LogP) is 4.79. The third-order valence-electron chi connectivity index (χ3n) is 7.26. The Morgan fingerprint density at radius 2 is 2.03 bits per heavy atom. The molecule has 0 radical (unpaired) electrons. The van der Waals surface area contributed by atoms with Gasteiger partial charge in [-0.3, -0.25) is 0 Å². The molecule has 0 unspecified atom stereocenters. The maximum atomic E-state index is 14.8. The summed E-state index contributed by atoms with van der Waals surface area (Å²) in [5.74, 6) is 1.89. The van der Waals surface area contributed by atoms with Gasteiger partial charge >= 0.3 is 0 Å². The lowest BCUT2D eigenvalue weighted by Gasteiger charge is -2.44. The Hall–Kier alpha value is -2.92. The number of hydrogen-bond acceptors (Lipinski definition) is 7. The third-order valence-corrected chi connectivity index (χ3v) is 7.26. The van der Waals surface area contributed by atoms with Crippen LogP contribution >= 0.6 is 0 Å². The number of nitrogens with one attached hydrogen (secondary N) is 2. The fourth-order valence-electron chi connectivity index (χ4n) is 5.38. The van der Waals surface area contributed by atoms with E-state index in [1.54, 1.807) is 19.4 Å². The molecule has 2 atom stereocenters. The van der Waals surface area contributed by atoms with E-state index in [0.717, 1.165) is 24.9 Å². The number of rotatable bonds is 7. The molecule has 0 spiro atoms. The van der Waals surface area contributed by atoms with Crippen LogP contribution in [0.1, 0.15) is 62.0 Å². The number of ether oxygens (including phenoxy) is 1. The molecule has 33 heavy (non-hydrogen) atoms. The van der Waals surface area contributed by atoms with E-state index in [0.29, 0.717) is 35.0 Å². The Bertz CT molecular complexity index is 1050. The largest absolute Gasteiger partial charge is 0.491 e. The fraction of sp³-hybridized carbons (Fsp3) is 0.560. The molecular formula is C25H31FN6O. The molecule has 2 saturated heterocycles. The van der Waals surface area contributed by atoms with Crippen molar-refractivity contribution in [2.75, 3.05) is 37.4 Å². The molecule has 1 saturated carbocycles. The zero-order chi connectivity index (χ0) is 22.8. The van der Waals surface area contributed by atoms with Gasteiger partial charge in [0.25, 0.3) is 0 Å². The van der Waals surface area contributed by atoms with E-state index in [2.05, 4.69) is 31.6 Å². The average Bonchev–Trinajstić information content (AvgIpc) is 3.69. The standard InChI is InChI=1S/C25H31FN6O/c1-33-23-15-29-25(30-21-11-18(13-27)19(12-20(21)26)16-7-8-16)31-24(23)28-14-17-5-4-10-32-9-3-2-6-22(17)32/h11-12,15-17,22H,2-10,14H2,1H3,(H2,28,29,30,31)/t17-,22+/m0/s1. The summed E-state index contributed by atoms with van der Waals surface area (Å²) in [5, 5.41) is 15.9. The van der Waals surface area contributed by atoms with Gasteiger partial charge in [-0.2, -0.15) is 10.2 Å². The van der Waals surface area contributed by atoms with Crippen molar-refractivity contribution in [1.82, 2.24) is 14.9 Å². The van der Waals surface area contributed by atoms with E-state index < -0.39 is 5.82 Å². The Labute approximate surface area is 194 Å². The zero-order valence-electron chi connectivity index (χ0n) is 19.1. The molecule has 2 N–H and O–H groups in total. The molecule has 5 rings (SSSR count). The molecule has 7 nitrogen and oxygen atoms in total. The van der Waals surface area contributed by atoms with Gasteiger partial charge in [-0.05, 0) is 81.1 Å². The second kappa shape index (κ2) is 9.52. The number of aromatic nitrogens is 2. The molecule has 0 amide bonds. The van der Waals surface area contributed by atoms with Crippen LogP contribution in [-0.4, -0.2) is 47.7 Å². The van der Waals surface area contributed by atoms with E-state index in [9.17, 15) is 9.65 Å². The van der Waals surface area contributed by atoms with E-state index in [4.69, 9.17) is 4.74 Å². The number of fused-ring (bicyclic) bond motifs is 1. The fourth-order valence-corrected chi connectivity index (χ4v) is 5.38. The highest BCUT2D eigenvalue weighted by Gasteiger charge is 2.33. The Morgan fingerprint density at radius 3 is 2.82 bits per heavy atom. The topological polar surface area (TPSA) is 86.1 Å². The number of nitrogens with zero attached hydrogens (tertiary/aromatic N) is 4. The van der Waals surface area contributed by atoms with E-state index in [-0.39, 0.29) is 11.6 Å². The van der Waals surface area contributed by atoms with Gasteiger partial charge in [-0.15, -0.1) is 0 Å². The zero-order valence-corrected chi connectivity index (χ0v) is 19.1. The number of nitriles is 1. The Kier molecular flexibility index (Phi) is 6.32. The monoisotopic (exact) mass is 450 g/mol. The van der Waals surface area contributed by atoms with E-state index in [1.165, 1.54) is 51.3 Å². The predicted molar refractivity (Wildman–Crippen MR) is 125 cm³/mol. The summed E-state index contributed by atoms with van der Waals surface area (Å²) < 4.78 is 20.2. The summed E-state index contributed by atoms with van der Waals surface area (Å²) in [4.78, 5) is 11.5. The normalized spacial score (nSPS) is 22.8. The molecule has 8 heteroatoms. The Balaban J connectivity index is 1.32. The molecule has 2 aliphatic heterocycles. The maximum absolute atomic E-state index is 14.8. The molecule has 1 aromatic heterocycles. The van der Waals surface area contributed by atoms with Gasteiger partial charge in [-0.25, -0.2) is 9.37 Å². The smallest absolute Gasteiger partial charge is 0.229 e. The van der Waals surface area contributed by atoms with Gasteiger partial charge < -0.3 is 20.3 Å². The highest BCUT2D eigenvalue weighted by Crippen LogP contribution is 2.43. The van der Waals surface area contributed by atoms with Gasteiger partial charge in [0, 0.05) is 12.6 Å². The molecule has 174 valence electrons. The van der Waals surface area contributed by atoms with Crippen LogP contribution < -0.4 is 15.4 Å². The van der Waals surface area contributed by atoms with Gasteiger partial charge in [0.1, 0.15) is 5.82 Å². The van der Waals surface area contributed by atoms with Crippen LogP contribution in [0.4, 0.5) is 21.8 Å². The molecule has 0 bridgehead atoms. The number of halogens is 1. The molecule has 3 heterocycles. The molecule has 3 aliphatic rings. The molecule has 3 fully saturated rings. The highest BCUT2D eigenvalue weighted by molar-refractivity contribution is 5.62. The van der Waals surface area contributed by atoms with Crippen LogP contribution in [-0.2, 0) is 0 Å². The molecule has 1 aromatic carbocycles. The SMILES string of the molecule is COc1cnc(Nc2cc(C#N)c(C3CC3)cc2F)nc1NC[C@@H]1CCCN2CCCC[C@H]12. The van der Waals surface area contributed by atoms with E-state index >= 15 is 0 Å². The number of benzene rings is 1. The first-order valence-corrected chi connectivity index (χ1v) is 12.1. The first-order valence-electron chi connectivity index (χ1n) is 12.1. The van der Waals surface area contributed by atoms with Crippen molar-refractivity contribution >= 4 is 17.5 Å². The summed E-state index contributed by atoms with van der Waals surface area (Å²) in [6.45, 7) is 3.24. The summed E-state index contributed by atoms with van der Waals surface area (Å²) in [6.07, 6.45) is 9.92. The Morgan fingerprint density at radius 1 is 1.18 bits per heavy atom. The van der Waals surface area contributed by atoms with Crippen LogP contribution in [0.25, 0.3) is 0 Å². The van der Waals surface area contributed by atoms with Gasteiger partial charge in [-0.1, -0.05) is 6.42 Å². The van der Waals surface area contributed by atoms with Crippen molar-refractivity contribution in [3.63, 3.8) is 0 Å². The first-order chi connectivity index (χ1) is 16.2. The van der Waals surface area contributed by atoms with Crippen molar-refractivity contribution in [1.29, 1.82) is 5.26 Å². The molecule has 2 aromatic rings. The highest BCUT2D eigenvalue weighted by atomic mass is 19.1. The summed E-state index contributed by atoms with van der Waals surface area (Å²) in [7, 11) is 1.59. The minimum atomic E-state index is -0.399. The number of hydrogen-bond donors (Lipinski definition) is 2. The van der Waals surface area contributed by atoms with Crippen LogP contribution in [0.3, 0.4) is 0 Å². The average molecular weight is 451 g/mol. The summed E-state index contributed by atoms with van der Waals surface area (Å²) in [5.41, 5.74) is 1.50.